The second kappa shape index (κ2) is 9.11. The van der Waals surface area contributed by atoms with E-state index < -0.39 is 4.92 Å². The topological polar surface area (TPSA) is 105 Å². The summed E-state index contributed by atoms with van der Waals surface area (Å²) in [6.45, 7) is 5.60. The summed E-state index contributed by atoms with van der Waals surface area (Å²) in [7, 11) is 0. The van der Waals surface area contributed by atoms with Crippen LogP contribution < -0.4 is 5.32 Å². The molecule has 2 aliphatic rings. The van der Waals surface area contributed by atoms with Gasteiger partial charge in [0.15, 0.2) is 0 Å². The van der Waals surface area contributed by atoms with Crippen LogP contribution in [0.4, 0.5) is 11.4 Å². The Morgan fingerprint density at radius 1 is 1.29 bits per heavy atom. The molecule has 1 atom stereocenters. The summed E-state index contributed by atoms with van der Waals surface area (Å²) in [5, 5.41) is 13.8. The van der Waals surface area contributed by atoms with Gasteiger partial charge >= 0.3 is 0 Å². The highest BCUT2D eigenvalue weighted by Crippen LogP contribution is 2.25. The fraction of sp³-hybridized carbons (Fsp3) is 0.579. The SMILES string of the molecule is Cc1c(NC(=O)CCN2CCN(C(=O)C3CCCO3)CC2)cccc1[N+](=O)[O-]. The molecule has 0 aromatic heterocycles. The number of nitrogens with zero attached hydrogens (tertiary/aromatic N) is 3. The minimum Gasteiger partial charge on any atom is -0.368 e. The molecule has 1 aromatic carbocycles. The minimum atomic E-state index is -0.456. The number of nitro benzene ring substituents is 1. The standard InChI is InChI=1S/C19H26N4O5/c1-14-15(4-2-5-16(14)23(26)27)20-18(24)7-8-21-9-11-22(12-10-21)19(25)17-6-3-13-28-17/h2,4-5,17H,3,6-13H2,1H3,(H,20,24). The molecular formula is C19H26N4O5. The van der Waals surface area contributed by atoms with Crippen molar-refractivity contribution in [3.8, 4) is 0 Å². The predicted molar refractivity (Wildman–Crippen MR) is 103 cm³/mol. The fourth-order valence-electron chi connectivity index (χ4n) is 3.60. The molecule has 9 heteroatoms. The number of rotatable bonds is 6. The van der Waals surface area contributed by atoms with Crippen molar-refractivity contribution in [2.24, 2.45) is 0 Å². The molecule has 28 heavy (non-hydrogen) atoms. The first-order valence-electron chi connectivity index (χ1n) is 9.62. The second-order valence-electron chi connectivity index (χ2n) is 7.17. The zero-order chi connectivity index (χ0) is 20.1. The number of carbonyl (C=O) groups is 2. The summed E-state index contributed by atoms with van der Waals surface area (Å²) in [4.78, 5) is 39.1. The van der Waals surface area contributed by atoms with Gasteiger partial charge in [0, 0.05) is 51.8 Å². The fourth-order valence-corrected chi connectivity index (χ4v) is 3.60. The van der Waals surface area contributed by atoms with Gasteiger partial charge in [0.25, 0.3) is 11.6 Å². The smallest absolute Gasteiger partial charge is 0.274 e. The van der Waals surface area contributed by atoms with Gasteiger partial charge in [0.2, 0.25) is 5.91 Å². The third-order valence-corrected chi connectivity index (χ3v) is 5.32. The van der Waals surface area contributed by atoms with E-state index in [4.69, 9.17) is 4.74 Å². The zero-order valence-corrected chi connectivity index (χ0v) is 16.1. The molecule has 0 bridgehead atoms. The van der Waals surface area contributed by atoms with Crippen molar-refractivity contribution in [1.29, 1.82) is 0 Å². The van der Waals surface area contributed by atoms with E-state index in [-0.39, 0.29) is 23.6 Å². The number of amides is 2. The van der Waals surface area contributed by atoms with E-state index in [1.54, 1.807) is 19.1 Å². The molecule has 3 rings (SSSR count). The average molecular weight is 390 g/mol. The Bertz CT molecular complexity index is 740. The third-order valence-electron chi connectivity index (χ3n) is 5.32. The monoisotopic (exact) mass is 390 g/mol. The van der Waals surface area contributed by atoms with Crippen molar-refractivity contribution >= 4 is 23.2 Å². The summed E-state index contributed by atoms with van der Waals surface area (Å²) in [6.07, 6.45) is 1.75. The Labute approximate surface area is 163 Å². The molecule has 9 nitrogen and oxygen atoms in total. The van der Waals surface area contributed by atoms with Gasteiger partial charge in [-0.3, -0.25) is 24.6 Å². The first-order valence-corrected chi connectivity index (χ1v) is 9.62. The van der Waals surface area contributed by atoms with Gasteiger partial charge in [-0.1, -0.05) is 6.07 Å². The Hall–Kier alpha value is -2.52. The highest BCUT2D eigenvalue weighted by atomic mass is 16.6. The highest BCUT2D eigenvalue weighted by Gasteiger charge is 2.30. The zero-order valence-electron chi connectivity index (χ0n) is 16.1. The molecule has 1 unspecified atom stereocenters. The average Bonchev–Trinajstić information content (AvgIpc) is 3.22. The van der Waals surface area contributed by atoms with E-state index in [2.05, 4.69) is 10.2 Å². The van der Waals surface area contributed by atoms with Crippen molar-refractivity contribution in [1.82, 2.24) is 9.80 Å². The van der Waals surface area contributed by atoms with E-state index in [9.17, 15) is 19.7 Å². The first kappa shape index (κ1) is 20.2. The van der Waals surface area contributed by atoms with E-state index in [1.165, 1.54) is 6.07 Å². The lowest BCUT2D eigenvalue weighted by atomic mass is 10.1. The van der Waals surface area contributed by atoms with Gasteiger partial charge in [-0.2, -0.15) is 0 Å². The van der Waals surface area contributed by atoms with E-state index in [0.29, 0.717) is 43.9 Å². The Kier molecular flexibility index (Phi) is 6.58. The van der Waals surface area contributed by atoms with Crippen molar-refractivity contribution < 1.29 is 19.2 Å². The molecule has 2 aliphatic heterocycles. The van der Waals surface area contributed by atoms with Gasteiger partial charge in [-0.05, 0) is 25.8 Å². The van der Waals surface area contributed by atoms with Crippen LogP contribution in [-0.4, -0.2) is 72.0 Å². The van der Waals surface area contributed by atoms with Gasteiger partial charge < -0.3 is 15.0 Å². The van der Waals surface area contributed by atoms with Crippen LogP contribution in [0.1, 0.15) is 24.8 Å². The van der Waals surface area contributed by atoms with Crippen molar-refractivity contribution in [3.05, 3.63) is 33.9 Å². The molecule has 1 N–H and O–H groups in total. The molecule has 2 saturated heterocycles. The van der Waals surface area contributed by atoms with E-state index in [1.807, 2.05) is 4.90 Å². The van der Waals surface area contributed by atoms with Gasteiger partial charge in [-0.25, -0.2) is 0 Å². The van der Waals surface area contributed by atoms with Gasteiger partial charge in [-0.15, -0.1) is 0 Å². The van der Waals surface area contributed by atoms with E-state index >= 15 is 0 Å². The van der Waals surface area contributed by atoms with Crippen LogP contribution in [0.15, 0.2) is 18.2 Å². The minimum absolute atomic E-state index is 0.00942. The molecule has 0 saturated carbocycles. The van der Waals surface area contributed by atoms with Gasteiger partial charge in [0.1, 0.15) is 6.10 Å². The van der Waals surface area contributed by atoms with Crippen LogP contribution in [-0.2, 0) is 14.3 Å². The molecule has 2 heterocycles. The molecule has 0 radical (unpaired) electrons. The second-order valence-corrected chi connectivity index (χ2v) is 7.17. The maximum Gasteiger partial charge on any atom is 0.274 e. The molecule has 152 valence electrons. The number of nitrogens with one attached hydrogen (secondary N) is 1. The summed E-state index contributed by atoms with van der Waals surface area (Å²) in [6, 6.07) is 4.64. The highest BCUT2D eigenvalue weighted by molar-refractivity contribution is 5.92. The number of benzene rings is 1. The number of anilines is 1. The molecule has 0 spiro atoms. The predicted octanol–water partition coefficient (Wildman–Crippen LogP) is 1.56. The third kappa shape index (κ3) is 4.85. The maximum absolute atomic E-state index is 12.4. The van der Waals surface area contributed by atoms with Crippen LogP contribution in [0.2, 0.25) is 0 Å². The lowest BCUT2D eigenvalue weighted by molar-refractivity contribution is -0.385. The van der Waals surface area contributed by atoms with Gasteiger partial charge in [0.05, 0.1) is 16.2 Å². The van der Waals surface area contributed by atoms with Crippen LogP contribution >= 0.6 is 0 Å². The number of nitro groups is 1. The molecule has 0 aliphatic carbocycles. The quantitative estimate of drug-likeness (QED) is 0.584. The maximum atomic E-state index is 12.4. The number of hydrogen-bond donors (Lipinski definition) is 1. The summed E-state index contributed by atoms with van der Waals surface area (Å²) < 4.78 is 5.46. The summed E-state index contributed by atoms with van der Waals surface area (Å²) >= 11 is 0. The Morgan fingerprint density at radius 3 is 2.68 bits per heavy atom. The normalized spacial score (nSPS) is 20.2. The Balaban J connectivity index is 1.43. The van der Waals surface area contributed by atoms with Crippen LogP contribution in [0, 0.1) is 17.0 Å². The van der Waals surface area contributed by atoms with Crippen molar-refractivity contribution in [2.75, 3.05) is 44.6 Å². The molecule has 2 amide bonds. The molecule has 2 fully saturated rings. The van der Waals surface area contributed by atoms with E-state index in [0.717, 1.165) is 25.9 Å². The number of piperazine rings is 1. The number of carbonyl (C=O) groups excluding carboxylic acids is 2. The van der Waals surface area contributed by atoms with Crippen molar-refractivity contribution in [3.63, 3.8) is 0 Å². The molecular weight excluding hydrogens is 364 g/mol. The Morgan fingerprint density at radius 2 is 2.04 bits per heavy atom. The summed E-state index contributed by atoms with van der Waals surface area (Å²) in [5.41, 5.74) is 0.901. The van der Waals surface area contributed by atoms with Crippen LogP contribution in [0.3, 0.4) is 0 Å². The van der Waals surface area contributed by atoms with Crippen LogP contribution in [0.5, 0.6) is 0 Å². The largest absolute Gasteiger partial charge is 0.368 e. The first-order chi connectivity index (χ1) is 13.5. The number of ether oxygens (including phenoxy) is 1. The van der Waals surface area contributed by atoms with Crippen molar-refractivity contribution in [2.45, 2.75) is 32.3 Å². The lowest BCUT2D eigenvalue weighted by Crippen LogP contribution is -2.51. The summed E-state index contributed by atoms with van der Waals surface area (Å²) in [5.74, 6) is -0.0995. The van der Waals surface area contributed by atoms with Crippen LogP contribution in [0.25, 0.3) is 0 Å². The lowest BCUT2D eigenvalue weighted by Gasteiger charge is -2.35. The molecule has 1 aromatic rings. The number of hydrogen-bond acceptors (Lipinski definition) is 6.